The van der Waals surface area contributed by atoms with E-state index in [1.807, 2.05) is 24.3 Å². The van der Waals surface area contributed by atoms with Crippen LogP contribution in [0.2, 0.25) is 10.0 Å². The molecule has 1 aliphatic rings. The summed E-state index contributed by atoms with van der Waals surface area (Å²) in [5.74, 6) is 0. The van der Waals surface area contributed by atoms with Crippen LogP contribution in [-0.2, 0) is 13.0 Å². The average molecular weight is 390 g/mol. The van der Waals surface area contributed by atoms with E-state index < -0.39 is 0 Å². The SMILES string of the molecule is Clc1ccc(-c2cc(-c3ccc(Cl)cc3)n3c2-c2ccccc2CC3)cc1. The van der Waals surface area contributed by atoms with E-state index in [9.17, 15) is 0 Å². The van der Waals surface area contributed by atoms with Gasteiger partial charge in [0, 0.05) is 33.4 Å². The monoisotopic (exact) mass is 389 g/mol. The molecule has 0 amide bonds. The number of hydrogen-bond donors (Lipinski definition) is 0. The van der Waals surface area contributed by atoms with Gasteiger partial charge in [0.25, 0.3) is 0 Å². The average Bonchev–Trinajstić information content (AvgIpc) is 3.09. The molecule has 0 fully saturated rings. The largest absolute Gasteiger partial charge is 0.340 e. The predicted molar refractivity (Wildman–Crippen MR) is 114 cm³/mol. The topological polar surface area (TPSA) is 4.93 Å². The third-order valence-electron chi connectivity index (χ3n) is 5.27. The summed E-state index contributed by atoms with van der Waals surface area (Å²) in [5, 5.41) is 1.51. The van der Waals surface area contributed by atoms with E-state index >= 15 is 0 Å². The van der Waals surface area contributed by atoms with Crippen LogP contribution in [0.4, 0.5) is 0 Å². The van der Waals surface area contributed by atoms with Crippen LogP contribution in [0.15, 0.2) is 78.9 Å². The summed E-state index contributed by atoms with van der Waals surface area (Å²) < 4.78 is 2.44. The number of nitrogens with zero attached hydrogens (tertiary/aromatic N) is 1. The maximum Gasteiger partial charge on any atom is 0.0567 e. The summed E-state index contributed by atoms with van der Waals surface area (Å²) in [6.45, 7) is 0.970. The first-order chi connectivity index (χ1) is 13.2. The second-order valence-corrected chi connectivity index (χ2v) is 7.74. The molecule has 0 radical (unpaired) electrons. The van der Waals surface area contributed by atoms with Crippen molar-refractivity contribution in [1.29, 1.82) is 0 Å². The summed E-state index contributed by atoms with van der Waals surface area (Å²) in [4.78, 5) is 0. The van der Waals surface area contributed by atoms with Crippen molar-refractivity contribution in [3.8, 4) is 33.6 Å². The lowest BCUT2D eigenvalue weighted by atomic mass is 9.94. The second kappa shape index (κ2) is 6.60. The summed E-state index contributed by atoms with van der Waals surface area (Å²) in [5.41, 5.74) is 8.82. The van der Waals surface area contributed by atoms with Crippen LogP contribution < -0.4 is 0 Å². The normalized spacial score (nSPS) is 12.5. The molecule has 2 heterocycles. The van der Waals surface area contributed by atoms with Gasteiger partial charge in [-0.05, 0) is 53.4 Å². The minimum atomic E-state index is 0.755. The third-order valence-corrected chi connectivity index (χ3v) is 5.77. The van der Waals surface area contributed by atoms with Crippen LogP contribution >= 0.6 is 23.2 Å². The van der Waals surface area contributed by atoms with Gasteiger partial charge in [0.1, 0.15) is 0 Å². The van der Waals surface area contributed by atoms with Crippen molar-refractivity contribution in [2.75, 3.05) is 0 Å². The Morgan fingerprint density at radius 2 is 1.30 bits per heavy atom. The van der Waals surface area contributed by atoms with Gasteiger partial charge in [0.15, 0.2) is 0 Å². The maximum absolute atomic E-state index is 6.12. The van der Waals surface area contributed by atoms with Gasteiger partial charge in [-0.2, -0.15) is 0 Å². The maximum atomic E-state index is 6.12. The van der Waals surface area contributed by atoms with Crippen molar-refractivity contribution in [3.63, 3.8) is 0 Å². The molecule has 1 nitrogen and oxygen atoms in total. The van der Waals surface area contributed by atoms with Gasteiger partial charge < -0.3 is 4.57 Å². The molecular formula is C24H17Cl2N. The van der Waals surface area contributed by atoms with Gasteiger partial charge in [0.05, 0.1) is 5.69 Å². The van der Waals surface area contributed by atoms with Gasteiger partial charge >= 0.3 is 0 Å². The zero-order valence-electron chi connectivity index (χ0n) is 14.6. The smallest absolute Gasteiger partial charge is 0.0567 e. The highest BCUT2D eigenvalue weighted by molar-refractivity contribution is 6.31. The molecule has 0 aliphatic carbocycles. The van der Waals surface area contributed by atoms with Crippen molar-refractivity contribution in [2.24, 2.45) is 0 Å². The third kappa shape index (κ3) is 2.88. The standard InChI is InChI=1S/C24H17Cl2N/c25-19-9-5-17(6-10-19)22-15-23(18-7-11-20(26)12-8-18)27-14-13-16-3-1-2-4-21(16)24(22)27/h1-12,15H,13-14H2. The Balaban J connectivity index is 1.78. The van der Waals surface area contributed by atoms with Crippen LogP contribution in [0.3, 0.4) is 0 Å². The van der Waals surface area contributed by atoms with Crippen molar-refractivity contribution < 1.29 is 0 Å². The highest BCUT2D eigenvalue weighted by Crippen LogP contribution is 2.43. The Bertz CT molecular complexity index is 1120. The molecule has 0 unspecified atom stereocenters. The summed E-state index contributed by atoms with van der Waals surface area (Å²) >= 11 is 12.2. The number of aryl methyl sites for hydroxylation is 1. The van der Waals surface area contributed by atoms with E-state index in [0.29, 0.717) is 0 Å². The van der Waals surface area contributed by atoms with Crippen LogP contribution in [0.5, 0.6) is 0 Å². The lowest BCUT2D eigenvalue weighted by Crippen LogP contribution is -2.11. The molecule has 27 heavy (non-hydrogen) atoms. The minimum Gasteiger partial charge on any atom is -0.340 e. The number of fused-ring (bicyclic) bond motifs is 3. The summed E-state index contributed by atoms with van der Waals surface area (Å²) in [6, 6.07) is 27.2. The molecule has 0 bridgehead atoms. The Morgan fingerprint density at radius 3 is 2.00 bits per heavy atom. The van der Waals surface area contributed by atoms with Crippen molar-refractivity contribution in [1.82, 2.24) is 4.57 Å². The Kier molecular flexibility index (Phi) is 4.07. The van der Waals surface area contributed by atoms with E-state index in [1.165, 1.54) is 39.2 Å². The lowest BCUT2D eigenvalue weighted by molar-refractivity contribution is 0.696. The molecule has 132 valence electrons. The lowest BCUT2D eigenvalue weighted by Gasteiger charge is -2.22. The molecule has 0 atom stereocenters. The molecule has 0 saturated carbocycles. The first-order valence-electron chi connectivity index (χ1n) is 9.04. The van der Waals surface area contributed by atoms with Gasteiger partial charge in [0.2, 0.25) is 0 Å². The van der Waals surface area contributed by atoms with Crippen LogP contribution in [-0.4, -0.2) is 4.57 Å². The van der Waals surface area contributed by atoms with Crippen LogP contribution in [0.1, 0.15) is 5.56 Å². The van der Waals surface area contributed by atoms with E-state index in [-0.39, 0.29) is 0 Å². The fourth-order valence-corrected chi connectivity index (χ4v) is 4.23. The van der Waals surface area contributed by atoms with Crippen molar-refractivity contribution >= 4 is 23.2 Å². The summed E-state index contributed by atoms with van der Waals surface area (Å²) in [6.07, 6.45) is 1.04. The molecule has 0 spiro atoms. The first-order valence-corrected chi connectivity index (χ1v) is 9.80. The Labute approximate surface area is 168 Å². The number of halogens is 2. The molecule has 0 saturated heterocycles. The molecule has 1 aliphatic heterocycles. The number of rotatable bonds is 2. The fraction of sp³-hybridized carbons (Fsp3) is 0.0833. The molecule has 0 N–H and O–H groups in total. The zero-order valence-corrected chi connectivity index (χ0v) is 16.1. The quantitative estimate of drug-likeness (QED) is 0.337. The Hall–Kier alpha value is -2.48. The van der Waals surface area contributed by atoms with E-state index in [4.69, 9.17) is 23.2 Å². The van der Waals surface area contributed by atoms with E-state index in [0.717, 1.165) is 23.0 Å². The molecule has 4 aromatic rings. The summed E-state index contributed by atoms with van der Waals surface area (Å²) in [7, 11) is 0. The van der Waals surface area contributed by atoms with Crippen molar-refractivity contribution in [2.45, 2.75) is 13.0 Å². The molecule has 5 rings (SSSR count). The second-order valence-electron chi connectivity index (χ2n) is 6.86. The van der Waals surface area contributed by atoms with Crippen molar-refractivity contribution in [3.05, 3.63) is 94.5 Å². The number of aromatic nitrogens is 1. The molecule has 3 aromatic carbocycles. The van der Waals surface area contributed by atoms with Gasteiger partial charge in [-0.3, -0.25) is 0 Å². The highest BCUT2D eigenvalue weighted by Gasteiger charge is 2.24. The van der Waals surface area contributed by atoms with E-state index in [2.05, 4.69) is 59.2 Å². The van der Waals surface area contributed by atoms with Gasteiger partial charge in [-0.15, -0.1) is 0 Å². The number of hydrogen-bond acceptors (Lipinski definition) is 0. The predicted octanol–water partition coefficient (Wildman–Crippen LogP) is 7.35. The van der Waals surface area contributed by atoms with Gasteiger partial charge in [-0.1, -0.05) is 71.7 Å². The van der Waals surface area contributed by atoms with Gasteiger partial charge in [-0.25, -0.2) is 0 Å². The molecule has 3 heteroatoms. The van der Waals surface area contributed by atoms with E-state index in [1.54, 1.807) is 0 Å². The van der Waals surface area contributed by atoms with Crippen LogP contribution in [0.25, 0.3) is 33.6 Å². The Morgan fingerprint density at radius 1 is 0.667 bits per heavy atom. The molecular weight excluding hydrogens is 373 g/mol. The number of benzene rings is 3. The first kappa shape index (κ1) is 16.7. The molecule has 1 aromatic heterocycles. The highest BCUT2D eigenvalue weighted by atomic mass is 35.5. The zero-order chi connectivity index (χ0) is 18.4. The fourth-order valence-electron chi connectivity index (χ4n) is 3.98. The minimum absolute atomic E-state index is 0.755. The van der Waals surface area contributed by atoms with Crippen LogP contribution in [0, 0.1) is 0 Å².